The fourth-order valence-corrected chi connectivity index (χ4v) is 4.47. The van der Waals surface area contributed by atoms with Crippen LogP contribution in [0.1, 0.15) is 24.5 Å². The van der Waals surface area contributed by atoms with Crippen LogP contribution in [0.5, 0.6) is 5.75 Å². The number of thiophene rings is 1. The molecule has 0 aliphatic carbocycles. The van der Waals surface area contributed by atoms with Crippen LogP contribution in [0.25, 0.3) is 17.2 Å². The molecule has 4 nitrogen and oxygen atoms in total. The Labute approximate surface area is 181 Å². The number of esters is 1. The van der Waals surface area contributed by atoms with Crippen LogP contribution in [-0.4, -0.2) is 26.2 Å². The molecule has 1 aliphatic rings. The molecule has 5 heteroatoms. The van der Waals surface area contributed by atoms with E-state index in [9.17, 15) is 4.79 Å². The Morgan fingerprint density at radius 3 is 2.80 bits per heavy atom. The molecule has 3 aromatic rings. The normalized spacial score (nSPS) is 13.3. The van der Waals surface area contributed by atoms with Crippen molar-refractivity contribution in [1.82, 2.24) is 0 Å². The number of hydrogen-bond acceptors (Lipinski definition) is 5. The van der Waals surface area contributed by atoms with E-state index in [1.165, 1.54) is 12.7 Å². The number of carbonyl (C=O) groups excluding carboxylic acids is 1. The molecule has 1 aromatic heterocycles. The second-order valence-corrected chi connectivity index (χ2v) is 7.95. The number of para-hydroxylation sites is 1. The third-order valence-corrected chi connectivity index (χ3v) is 5.98. The smallest absolute Gasteiger partial charge is 0.333 e. The molecule has 1 aliphatic heterocycles. The van der Waals surface area contributed by atoms with Crippen molar-refractivity contribution in [3.63, 3.8) is 0 Å². The van der Waals surface area contributed by atoms with Gasteiger partial charge in [0.05, 0.1) is 13.7 Å². The van der Waals surface area contributed by atoms with Gasteiger partial charge in [0.2, 0.25) is 0 Å². The molecule has 30 heavy (non-hydrogen) atoms. The van der Waals surface area contributed by atoms with Gasteiger partial charge >= 0.3 is 5.97 Å². The van der Waals surface area contributed by atoms with Crippen LogP contribution in [0.15, 0.2) is 64.9 Å². The predicted molar refractivity (Wildman–Crippen MR) is 123 cm³/mol. The Kier molecular flexibility index (Phi) is 6.19. The SMILES string of the molecule is CCOc1ccccc1-c1ccc2c(c1)C=C(C(=O)OC)CCN2Cc1ccsc1. The van der Waals surface area contributed by atoms with Gasteiger partial charge in [0.1, 0.15) is 5.75 Å². The molecule has 2 aromatic carbocycles. The predicted octanol–water partition coefficient (Wildman–Crippen LogP) is 5.78. The van der Waals surface area contributed by atoms with Gasteiger partial charge in [0.25, 0.3) is 0 Å². The second-order valence-electron chi connectivity index (χ2n) is 7.17. The maximum atomic E-state index is 12.3. The summed E-state index contributed by atoms with van der Waals surface area (Å²) in [6.45, 7) is 4.18. The standard InChI is InChI=1S/C25H25NO3S/c1-3-29-24-7-5-4-6-22(24)19-8-9-23-21(14-19)15-20(25(27)28-2)10-12-26(23)16-18-11-13-30-17-18/h4-9,11,13-15,17H,3,10,12,16H2,1-2H3. The summed E-state index contributed by atoms with van der Waals surface area (Å²) in [6.07, 6.45) is 2.62. The van der Waals surface area contributed by atoms with Gasteiger partial charge in [-0.2, -0.15) is 11.3 Å². The summed E-state index contributed by atoms with van der Waals surface area (Å²) in [7, 11) is 1.44. The lowest BCUT2D eigenvalue weighted by molar-refractivity contribution is -0.136. The first kappa shape index (κ1) is 20.2. The number of fused-ring (bicyclic) bond motifs is 1. The summed E-state index contributed by atoms with van der Waals surface area (Å²) in [6, 6.07) is 16.6. The van der Waals surface area contributed by atoms with Gasteiger partial charge < -0.3 is 14.4 Å². The summed E-state index contributed by atoms with van der Waals surface area (Å²) < 4.78 is 10.9. The molecule has 0 N–H and O–H groups in total. The first-order valence-electron chi connectivity index (χ1n) is 10.1. The third kappa shape index (κ3) is 4.26. The van der Waals surface area contributed by atoms with Crippen molar-refractivity contribution in [2.45, 2.75) is 19.9 Å². The van der Waals surface area contributed by atoms with Crippen LogP contribution < -0.4 is 9.64 Å². The Morgan fingerprint density at radius 1 is 1.17 bits per heavy atom. The lowest BCUT2D eigenvalue weighted by Gasteiger charge is -2.25. The molecule has 0 bridgehead atoms. The fourth-order valence-electron chi connectivity index (χ4n) is 3.81. The van der Waals surface area contributed by atoms with Crippen molar-refractivity contribution >= 4 is 29.1 Å². The van der Waals surface area contributed by atoms with Crippen molar-refractivity contribution in [2.24, 2.45) is 0 Å². The first-order chi connectivity index (χ1) is 14.7. The molecule has 0 amide bonds. The number of anilines is 1. The fraction of sp³-hybridized carbons (Fsp3) is 0.240. The Morgan fingerprint density at radius 2 is 2.03 bits per heavy atom. The number of nitrogens with zero attached hydrogens (tertiary/aromatic N) is 1. The number of ether oxygens (including phenoxy) is 2. The molecule has 2 heterocycles. The van der Waals surface area contributed by atoms with E-state index in [-0.39, 0.29) is 5.97 Å². The van der Waals surface area contributed by atoms with Gasteiger partial charge in [-0.1, -0.05) is 24.3 Å². The molecule has 0 radical (unpaired) electrons. The highest BCUT2D eigenvalue weighted by Crippen LogP contribution is 2.36. The van der Waals surface area contributed by atoms with Crippen LogP contribution in [-0.2, 0) is 16.1 Å². The quantitative estimate of drug-likeness (QED) is 0.475. The zero-order chi connectivity index (χ0) is 20.9. The molecular formula is C25H25NO3S. The van der Waals surface area contributed by atoms with Gasteiger partial charge in [-0.25, -0.2) is 4.79 Å². The van der Waals surface area contributed by atoms with E-state index in [2.05, 4.69) is 46.0 Å². The monoisotopic (exact) mass is 419 g/mol. The minimum atomic E-state index is -0.265. The summed E-state index contributed by atoms with van der Waals surface area (Å²) >= 11 is 1.70. The highest BCUT2D eigenvalue weighted by atomic mass is 32.1. The highest BCUT2D eigenvalue weighted by molar-refractivity contribution is 7.07. The van der Waals surface area contributed by atoms with E-state index in [1.54, 1.807) is 11.3 Å². The largest absolute Gasteiger partial charge is 0.493 e. The number of carbonyl (C=O) groups is 1. The summed E-state index contributed by atoms with van der Waals surface area (Å²) in [4.78, 5) is 14.7. The van der Waals surface area contributed by atoms with Crippen molar-refractivity contribution < 1.29 is 14.3 Å². The van der Waals surface area contributed by atoms with Crippen molar-refractivity contribution in [1.29, 1.82) is 0 Å². The molecule has 0 fully saturated rings. The number of hydrogen-bond donors (Lipinski definition) is 0. The van der Waals surface area contributed by atoms with Crippen molar-refractivity contribution in [3.8, 4) is 16.9 Å². The lowest BCUT2D eigenvalue weighted by Crippen LogP contribution is -2.24. The summed E-state index contributed by atoms with van der Waals surface area (Å²) in [5, 5.41) is 4.27. The average molecular weight is 420 g/mol. The van der Waals surface area contributed by atoms with E-state index < -0.39 is 0 Å². The van der Waals surface area contributed by atoms with Crippen LogP contribution in [0.3, 0.4) is 0 Å². The molecule has 0 atom stereocenters. The molecule has 154 valence electrons. The maximum absolute atomic E-state index is 12.3. The van der Waals surface area contributed by atoms with Crippen molar-refractivity contribution in [2.75, 3.05) is 25.2 Å². The molecular weight excluding hydrogens is 394 g/mol. The van der Waals surface area contributed by atoms with Crippen LogP contribution in [0.2, 0.25) is 0 Å². The Hall–Kier alpha value is -3.05. The minimum Gasteiger partial charge on any atom is -0.493 e. The van der Waals surface area contributed by atoms with Crippen LogP contribution in [0.4, 0.5) is 5.69 Å². The average Bonchev–Trinajstić information content (AvgIpc) is 3.22. The van der Waals surface area contributed by atoms with E-state index in [1.807, 2.05) is 31.2 Å². The topological polar surface area (TPSA) is 38.8 Å². The maximum Gasteiger partial charge on any atom is 0.333 e. The summed E-state index contributed by atoms with van der Waals surface area (Å²) in [5.41, 5.74) is 6.23. The van der Waals surface area contributed by atoms with Gasteiger partial charge in [-0.3, -0.25) is 0 Å². The lowest BCUT2D eigenvalue weighted by atomic mass is 9.99. The zero-order valence-corrected chi connectivity index (χ0v) is 18.1. The van der Waals surface area contributed by atoms with Gasteiger partial charge in [-0.05, 0) is 71.1 Å². The van der Waals surface area contributed by atoms with Crippen molar-refractivity contribution in [3.05, 3.63) is 76.0 Å². The molecule has 4 rings (SSSR count). The van der Waals surface area contributed by atoms with E-state index in [0.29, 0.717) is 18.6 Å². The Bertz CT molecular complexity index is 1060. The van der Waals surface area contributed by atoms with E-state index >= 15 is 0 Å². The van der Waals surface area contributed by atoms with Crippen LogP contribution in [0, 0.1) is 0 Å². The van der Waals surface area contributed by atoms with E-state index in [0.717, 1.165) is 41.2 Å². The highest BCUT2D eigenvalue weighted by Gasteiger charge is 2.21. The van der Waals surface area contributed by atoms with Gasteiger partial charge in [0.15, 0.2) is 0 Å². The van der Waals surface area contributed by atoms with E-state index in [4.69, 9.17) is 9.47 Å². The third-order valence-electron chi connectivity index (χ3n) is 5.25. The Balaban J connectivity index is 1.78. The molecule has 0 spiro atoms. The van der Waals surface area contributed by atoms with Gasteiger partial charge in [0, 0.05) is 29.9 Å². The number of rotatable bonds is 6. The van der Waals surface area contributed by atoms with Gasteiger partial charge in [-0.15, -0.1) is 0 Å². The zero-order valence-electron chi connectivity index (χ0n) is 17.3. The molecule has 0 unspecified atom stereocenters. The second kappa shape index (κ2) is 9.18. The molecule has 0 saturated heterocycles. The minimum absolute atomic E-state index is 0.265. The first-order valence-corrected chi connectivity index (χ1v) is 11.0. The number of benzene rings is 2. The summed E-state index contributed by atoms with van der Waals surface area (Å²) in [5.74, 6) is 0.597. The number of methoxy groups -OCH3 is 1. The van der Waals surface area contributed by atoms with Crippen LogP contribution >= 0.6 is 11.3 Å². The molecule has 0 saturated carbocycles.